The molecule has 0 saturated carbocycles. The Kier molecular flexibility index (Phi) is 4.23. The van der Waals surface area contributed by atoms with Crippen LogP contribution in [0, 0.1) is 0 Å². The number of hydrogen-bond donors (Lipinski definition) is 2. The summed E-state index contributed by atoms with van der Waals surface area (Å²) in [6.07, 6.45) is -4.46. The lowest BCUT2D eigenvalue weighted by molar-refractivity contribution is -0.136. The van der Waals surface area contributed by atoms with Crippen LogP contribution in [0.1, 0.15) is 5.56 Å². The molecular weight excluding hydrogens is 379 g/mol. The molecule has 0 saturated heterocycles. The zero-order valence-corrected chi connectivity index (χ0v) is 14.4. The number of hydrogen-bond acceptors (Lipinski definition) is 5. The summed E-state index contributed by atoms with van der Waals surface area (Å²) in [6.45, 7) is -0.0320. The average Bonchev–Trinajstić information content (AvgIpc) is 3.09. The normalized spacial score (nSPS) is 13.5. The van der Waals surface area contributed by atoms with Crippen molar-refractivity contribution in [1.29, 1.82) is 0 Å². The first-order valence-corrected chi connectivity index (χ1v) is 8.74. The first kappa shape index (κ1) is 17.3. The fourth-order valence-electron chi connectivity index (χ4n) is 2.66. The monoisotopic (exact) mass is 391 g/mol. The van der Waals surface area contributed by atoms with Crippen LogP contribution in [-0.4, -0.2) is 17.5 Å². The van der Waals surface area contributed by atoms with Gasteiger partial charge in [0, 0.05) is 10.9 Å². The molecule has 0 bridgehead atoms. The lowest BCUT2D eigenvalue weighted by Crippen LogP contribution is -2.25. The second-order valence-corrected chi connectivity index (χ2v) is 6.61. The molecular formula is C18H12F3N3O2S. The molecule has 0 aliphatic carbocycles. The van der Waals surface area contributed by atoms with Crippen LogP contribution in [-0.2, 0) is 11.0 Å². The van der Waals surface area contributed by atoms with Crippen LogP contribution in [0.25, 0.3) is 11.3 Å². The van der Waals surface area contributed by atoms with Gasteiger partial charge >= 0.3 is 6.18 Å². The summed E-state index contributed by atoms with van der Waals surface area (Å²) in [5, 5.41) is 7.50. The number of carbonyl (C=O) groups is 1. The average molecular weight is 391 g/mol. The first-order chi connectivity index (χ1) is 12.9. The molecule has 5 nitrogen and oxygen atoms in total. The van der Waals surface area contributed by atoms with Gasteiger partial charge in [-0.1, -0.05) is 12.1 Å². The molecule has 1 aliphatic rings. The number of anilines is 3. The summed E-state index contributed by atoms with van der Waals surface area (Å²) in [6, 6.07) is 10.4. The van der Waals surface area contributed by atoms with Gasteiger partial charge < -0.3 is 15.4 Å². The second kappa shape index (κ2) is 6.58. The molecule has 0 atom stereocenters. The molecule has 1 amide bonds. The fraction of sp³-hybridized carbons (Fsp3) is 0.111. The maximum Gasteiger partial charge on any atom is 0.418 e. The quantitative estimate of drug-likeness (QED) is 0.666. The van der Waals surface area contributed by atoms with E-state index in [2.05, 4.69) is 15.6 Å². The van der Waals surface area contributed by atoms with E-state index in [0.29, 0.717) is 27.8 Å². The molecule has 0 unspecified atom stereocenters. The summed E-state index contributed by atoms with van der Waals surface area (Å²) in [7, 11) is 0. The Morgan fingerprint density at radius 1 is 1.19 bits per heavy atom. The second-order valence-electron chi connectivity index (χ2n) is 5.75. The zero-order valence-electron chi connectivity index (χ0n) is 13.6. The Hall–Kier alpha value is -3.07. The van der Waals surface area contributed by atoms with Gasteiger partial charge in [0.2, 0.25) is 0 Å². The molecule has 1 aromatic heterocycles. The Bertz CT molecular complexity index is 1020. The third kappa shape index (κ3) is 3.59. The van der Waals surface area contributed by atoms with E-state index in [-0.39, 0.29) is 18.2 Å². The molecule has 27 heavy (non-hydrogen) atoms. The third-order valence-electron chi connectivity index (χ3n) is 3.89. The molecule has 0 fully saturated rings. The van der Waals surface area contributed by atoms with Crippen LogP contribution in [0.4, 0.5) is 29.7 Å². The van der Waals surface area contributed by atoms with Crippen LogP contribution in [0.2, 0.25) is 0 Å². The van der Waals surface area contributed by atoms with E-state index in [9.17, 15) is 18.0 Å². The van der Waals surface area contributed by atoms with E-state index in [0.717, 1.165) is 6.07 Å². The standard InChI is InChI=1S/C18H12F3N3O2S/c19-18(20,21)11-3-1-2-4-12(11)23-17-24-14(9-27-17)10-5-6-15-13(7-10)22-16(25)8-26-15/h1-7,9H,8H2,(H,22,25)(H,23,24). The minimum Gasteiger partial charge on any atom is -0.482 e. The molecule has 2 heterocycles. The van der Waals surface area contributed by atoms with Crippen LogP contribution in [0.15, 0.2) is 47.8 Å². The Morgan fingerprint density at radius 3 is 2.81 bits per heavy atom. The van der Waals surface area contributed by atoms with Crippen molar-refractivity contribution in [3.8, 4) is 17.0 Å². The van der Waals surface area contributed by atoms with Gasteiger partial charge in [-0.3, -0.25) is 4.79 Å². The summed E-state index contributed by atoms with van der Waals surface area (Å²) in [5.41, 5.74) is 1.02. The number of carbonyl (C=O) groups excluding carboxylic acids is 1. The molecule has 2 aromatic carbocycles. The Labute approximate surface area is 155 Å². The van der Waals surface area contributed by atoms with Crippen LogP contribution >= 0.6 is 11.3 Å². The van der Waals surface area contributed by atoms with Gasteiger partial charge in [-0.25, -0.2) is 4.98 Å². The van der Waals surface area contributed by atoms with Gasteiger partial charge in [-0.2, -0.15) is 13.2 Å². The maximum atomic E-state index is 13.1. The molecule has 1 aliphatic heterocycles. The minimum absolute atomic E-state index is 0.0320. The topological polar surface area (TPSA) is 63.2 Å². The van der Waals surface area contributed by atoms with Gasteiger partial charge in [-0.15, -0.1) is 11.3 Å². The van der Waals surface area contributed by atoms with Gasteiger partial charge in [0.1, 0.15) is 5.75 Å². The Morgan fingerprint density at radius 2 is 2.00 bits per heavy atom. The predicted octanol–water partition coefficient (Wildman–Crippen LogP) is 4.90. The lowest BCUT2D eigenvalue weighted by Gasteiger charge is -2.18. The van der Waals surface area contributed by atoms with Crippen molar-refractivity contribution < 1.29 is 22.7 Å². The summed E-state index contributed by atoms with van der Waals surface area (Å²) in [4.78, 5) is 15.8. The van der Waals surface area contributed by atoms with Crippen molar-refractivity contribution in [2.75, 3.05) is 17.2 Å². The molecule has 2 N–H and O–H groups in total. The summed E-state index contributed by atoms with van der Waals surface area (Å²) >= 11 is 1.19. The van der Waals surface area contributed by atoms with Crippen molar-refractivity contribution in [3.05, 3.63) is 53.4 Å². The predicted molar refractivity (Wildman–Crippen MR) is 96.4 cm³/mol. The number of benzene rings is 2. The fourth-order valence-corrected chi connectivity index (χ4v) is 3.39. The van der Waals surface area contributed by atoms with E-state index in [1.54, 1.807) is 23.6 Å². The van der Waals surface area contributed by atoms with E-state index >= 15 is 0 Å². The highest BCUT2D eigenvalue weighted by Gasteiger charge is 2.33. The third-order valence-corrected chi connectivity index (χ3v) is 4.64. The lowest BCUT2D eigenvalue weighted by atomic mass is 10.1. The first-order valence-electron chi connectivity index (χ1n) is 7.86. The SMILES string of the molecule is O=C1COc2ccc(-c3csc(Nc4ccccc4C(F)(F)F)n3)cc2N1. The van der Waals surface area contributed by atoms with Gasteiger partial charge in [-0.05, 0) is 30.3 Å². The van der Waals surface area contributed by atoms with E-state index < -0.39 is 11.7 Å². The highest BCUT2D eigenvalue weighted by Crippen LogP contribution is 2.38. The maximum absolute atomic E-state index is 13.1. The number of amides is 1. The van der Waals surface area contributed by atoms with Crippen molar-refractivity contribution in [1.82, 2.24) is 4.98 Å². The highest BCUT2D eigenvalue weighted by atomic mass is 32.1. The number of ether oxygens (including phenoxy) is 1. The molecule has 3 aromatic rings. The van der Waals surface area contributed by atoms with Gasteiger partial charge in [0.15, 0.2) is 11.7 Å². The summed E-state index contributed by atoms with van der Waals surface area (Å²) in [5.74, 6) is 0.315. The van der Waals surface area contributed by atoms with Gasteiger partial charge in [0.05, 0.1) is 22.6 Å². The molecule has 4 rings (SSSR count). The largest absolute Gasteiger partial charge is 0.482 e. The molecule has 138 valence electrons. The number of aromatic nitrogens is 1. The van der Waals surface area contributed by atoms with Crippen LogP contribution < -0.4 is 15.4 Å². The van der Waals surface area contributed by atoms with Crippen molar-refractivity contribution >= 4 is 33.8 Å². The number of fused-ring (bicyclic) bond motifs is 1. The molecule has 0 spiro atoms. The van der Waals surface area contributed by atoms with E-state index in [4.69, 9.17) is 4.74 Å². The van der Waals surface area contributed by atoms with Crippen molar-refractivity contribution in [3.63, 3.8) is 0 Å². The van der Waals surface area contributed by atoms with Crippen molar-refractivity contribution in [2.24, 2.45) is 0 Å². The molecule has 0 radical (unpaired) electrons. The smallest absolute Gasteiger partial charge is 0.418 e. The minimum atomic E-state index is -4.46. The van der Waals surface area contributed by atoms with Gasteiger partial charge in [0.25, 0.3) is 5.91 Å². The highest BCUT2D eigenvalue weighted by molar-refractivity contribution is 7.14. The number of para-hydroxylation sites is 1. The zero-order chi connectivity index (χ0) is 19.0. The van der Waals surface area contributed by atoms with Crippen molar-refractivity contribution in [2.45, 2.75) is 6.18 Å². The number of alkyl halides is 3. The van der Waals surface area contributed by atoms with Crippen LogP contribution in [0.3, 0.4) is 0 Å². The number of halogens is 3. The number of nitrogens with one attached hydrogen (secondary N) is 2. The number of nitrogens with zero attached hydrogens (tertiary/aromatic N) is 1. The summed E-state index contributed by atoms with van der Waals surface area (Å²) < 4.78 is 44.6. The van der Waals surface area contributed by atoms with E-state index in [1.807, 2.05) is 0 Å². The van der Waals surface area contributed by atoms with E-state index in [1.165, 1.54) is 29.5 Å². The van der Waals surface area contributed by atoms with Crippen LogP contribution in [0.5, 0.6) is 5.75 Å². The number of thiazole rings is 1. The number of rotatable bonds is 3. The molecule has 9 heteroatoms. The Balaban J connectivity index is 1.60.